The van der Waals surface area contributed by atoms with Crippen molar-refractivity contribution in [2.24, 2.45) is 0 Å². The van der Waals surface area contributed by atoms with Gasteiger partial charge in [0.15, 0.2) is 5.13 Å². The number of rotatable bonds is 8. The predicted molar refractivity (Wildman–Crippen MR) is 117 cm³/mol. The van der Waals surface area contributed by atoms with E-state index in [1.165, 1.54) is 11.3 Å². The van der Waals surface area contributed by atoms with Crippen LogP contribution < -0.4 is 5.32 Å². The highest BCUT2D eigenvalue weighted by Crippen LogP contribution is 2.18. The van der Waals surface area contributed by atoms with E-state index >= 15 is 0 Å². The molecule has 6 nitrogen and oxygen atoms in total. The van der Waals surface area contributed by atoms with Crippen LogP contribution in [0, 0.1) is 11.3 Å². The van der Waals surface area contributed by atoms with Gasteiger partial charge in [-0.15, -0.1) is 17.9 Å². The maximum absolute atomic E-state index is 12.8. The Balaban J connectivity index is 1.62. The normalized spacial score (nSPS) is 10.1. The van der Waals surface area contributed by atoms with E-state index < -0.39 is 0 Å². The zero-order valence-corrected chi connectivity index (χ0v) is 17.1. The van der Waals surface area contributed by atoms with Crippen molar-refractivity contribution in [1.29, 1.82) is 5.26 Å². The van der Waals surface area contributed by atoms with Crippen molar-refractivity contribution in [3.8, 4) is 6.07 Å². The van der Waals surface area contributed by atoms with Gasteiger partial charge in [0.25, 0.3) is 5.91 Å². The minimum Gasteiger partial charge on any atom is -0.334 e. The van der Waals surface area contributed by atoms with Crippen molar-refractivity contribution in [2.45, 2.75) is 13.0 Å². The largest absolute Gasteiger partial charge is 0.334 e. The molecule has 0 saturated heterocycles. The Morgan fingerprint density at radius 3 is 2.57 bits per heavy atom. The number of hydrogen-bond donors (Lipinski definition) is 1. The van der Waals surface area contributed by atoms with Gasteiger partial charge in [0.05, 0.1) is 23.7 Å². The fourth-order valence-electron chi connectivity index (χ4n) is 2.79. The van der Waals surface area contributed by atoms with Crippen molar-refractivity contribution in [3.05, 3.63) is 95.0 Å². The molecule has 0 radical (unpaired) electrons. The van der Waals surface area contributed by atoms with Crippen LogP contribution in [0.25, 0.3) is 0 Å². The second-order valence-corrected chi connectivity index (χ2v) is 7.37. The van der Waals surface area contributed by atoms with Crippen molar-refractivity contribution < 1.29 is 9.59 Å². The molecule has 3 rings (SSSR count). The van der Waals surface area contributed by atoms with E-state index in [2.05, 4.69) is 22.9 Å². The first-order valence-corrected chi connectivity index (χ1v) is 10.2. The van der Waals surface area contributed by atoms with Gasteiger partial charge in [0.2, 0.25) is 5.91 Å². The van der Waals surface area contributed by atoms with Crippen molar-refractivity contribution >= 4 is 28.3 Å². The Kier molecular flexibility index (Phi) is 7.09. The van der Waals surface area contributed by atoms with Crippen molar-refractivity contribution in [3.63, 3.8) is 0 Å². The Hall–Kier alpha value is -3.76. The lowest BCUT2D eigenvalue weighted by molar-refractivity contribution is -0.130. The summed E-state index contributed by atoms with van der Waals surface area (Å²) in [6.07, 6.45) is 1.80. The zero-order valence-electron chi connectivity index (χ0n) is 16.2. The lowest BCUT2D eigenvalue weighted by Gasteiger charge is -2.21. The van der Waals surface area contributed by atoms with E-state index in [0.29, 0.717) is 35.0 Å². The zero-order chi connectivity index (χ0) is 21.3. The average molecular weight is 417 g/mol. The van der Waals surface area contributed by atoms with Gasteiger partial charge in [0, 0.05) is 24.0 Å². The molecule has 3 aromatic rings. The Bertz CT molecular complexity index is 1070. The van der Waals surface area contributed by atoms with Gasteiger partial charge >= 0.3 is 0 Å². The molecule has 2 amide bonds. The highest BCUT2D eigenvalue weighted by Gasteiger charge is 2.16. The number of nitrogens with one attached hydrogen (secondary N) is 1. The SMILES string of the molecule is C=CCN(Cc1ccc(C#N)cc1)C(=O)Cc1csc(NC(=O)c2ccccc2)n1. The van der Waals surface area contributed by atoms with Gasteiger partial charge in [0.1, 0.15) is 0 Å². The summed E-state index contributed by atoms with van der Waals surface area (Å²) in [5, 5.41) is 13.9. The summed E-state index contributed by atoms with van der Waals surface area (Å²) in [5.41, 5.74) is 2.65. The van der Waals surface area contributed by atoms with Gasteiger partial charge in [-0.25, -0.2) is 4.98 Å². The molecule has 1 aromatic heterocycles. The molecule has 0 bridgehead atoms. The Morgan fingerprint density at radius 2 is 1.90 bits per heavy atom. The van der Waals surface area contributed by atoms with Gasteiger partial charge in [-0.2, -0.15) is 5.26 Å². The first kappa shape index (κ1) is 21.0. The predicted octanol–water partition coefficient (Wildman–Crippen LogP) is 4.02. The molecule has 150 valence electrons. The molecule has 0 spiro atoms. The monoisotopic (exact) mass is 416 g/mol. The molecule has 0 fully saturated rings. The van der Waals surface area contributed by atoms with Gasteiger partial charge in [-0.1, -0.05) is 36.4 Å². The number of hydrogen-bond acceptors (Lipinski definition) is 5. The number of carbonyl (C=O) groups is 2. The topological polar surface area (TPSA) is 86.1 Å². The smallest absolute Gasteiger partial charge is 0.257 e. The maximum Gasteiger partial charge on any atom is 0.257 e. The van der Waals surface area contributed by atoms with Crippen LogP contribution in [0.4, 0.5) is 5.13 Å². The first-order valence-electron chi connectivity index (χ1n) is 9.27. The summed E-state index contributed by atoms with van der Waals surface area (Å²) in [6, 6.07) is 18.1. The third-order valence-corrected chi connectivity index (χ3v) is 5.11. The molecule has 0 aliphatic carbocycles. The van der Waals surface area contributed by atoms with E-state index in [9.17, 15) is 9.59 Å². The molecule has 0 atom stereocenters. The van der Waals surface area contributed by atoms with Crippen molar-refractivity contribution in [2.75, 3.05) is 11.9 Å². The summed E-state index contributed by atoms with van der Waals surface area (Å²) in [4.78, 5) is 31.1. The maximum atomic E-state index is 12.8. The van der Waals surface area contributed by atoms with Crippen molar-refractivity contribution in [1.82, 2.24) is 9.88 Å². The number of nitrogens with zero attached hydrogens (tertiary/aromatic N) is 3. The van der Waals surface area contributed by atoms with E-state index in [0.717, 1.165) is 5.56 Å². The quantitative estimate of drug-likeness (QED) is 0.562. The second kappa shape index (κ2) is 10.1. The second-order valence-electron chi connectivity index (χ2n) is 6.51. The molecular weight excluding hydrogens is 396 g/mol. The van der Waals surface area contributed by atoms with Gasteiger partial charge < -0.3 is 4.90 Å². The summed E-state index contributed by atoms with van der Waals surface area (Å²) >= 11 is 1.28. The van der Waals surface area contributed by atoms with Crippen LogP contribution in [0.1, 0.15) is 27.2 Å². The molecule has 1 heterocycles. The summed E-state index contributed by atoms with van der Waals surface area (Å²) in [5.74, 6) is -0.331. The minimum atomic E-state index is -0.239. The summed E-state index contributed by atoms with van der Waals surface area (Å²) in [7, 11) is 0. The molecule has 0 saturated carbocycles. The standard InChI is InChI=1S/C23H20N4O2S/c1-2-12-27(15-18-10-8-17(14-24)9-11-18)21(28)13-20-16-30-23(25-20)26-22(29)19-6-4-3-5-7-19/h2-11,16H,1,12-13,15H2,(H,25,26,29). The van der Waals surface area contributed by atoms with Gasteiger partial charge in [-0.3, -0.25) is 14.9 Å². The lowest BCUT2D eigenvalue weighted by atomic mass is 10.1. The summed E-state index contributed by atoms with van der Waals surface area (Å²) < 4.78 is 0. The number of carbonyl (C=O) groups excluding carboxylic acids is 2. The Labute approximate surface area is 179 Å². The Morgan fingerprint density at radius 1 is 1.17 bits per heavy atom. The van der Waals surface area contributed by atoms with Crippen LogP contribution in [-0.2, 0) is 17.8 Å². The highest BCUT2D eigenvalue weighted by atomic mass is 32.1. The highest BCUT2D eigenvalue weighted by molar-refractivity contribution is 7.14. The van der Waals surface area contributed by atoms with Gasteiger partial charge in [-0.05, 0) is 29.8 Å². The summed E-state index contributed by atoms with van der Waals surface area (Å²) in [6.45, 7) is 4.54. The van der Waals surface area contributed by atoms with Crippen LogP contribution in [0.3, 0.4) is 0 Å². The molecule has 7 heteroatoms. The van der Waals surface area contributed by atoms with E-state index in [-0.39, 0.29) is 18.2 Å². The van der Waals surface area contributed by atoms with Crippen LogP contribution in [0.15, 0.2) is 72.6 Å². The number of aromatic nitrogens is 1. The van der Waals surface area contributed by atoms with E-state index in [1.54, 1.807) is 52.8 Å². The third-order valence-electron chi connectivity index (χ3n) is 4.30. The molecule has 0 aliphatic heterocycles. The molecule has 30 heavy (non-hydrogen) atoms. The molecular formula is C23H20N4O2S. The number of thiazole rings is 1. The molecule has 0 unspecified atom stereocenters. The molecule has 2 aromatic carbocycles. The molecule has 1 N–H and O–H groups in total. The first-order chi connectivity index (χ1) is 14.6. The number of anilines is 1. The van der Waals surface area contributed by atoms with Crippen LogP contribution in [0.2, 0.25) is 0 Å². The number of amides is 2. The van der Waals surface area contributed by atoms with E-state index in [1.807, 2.05) is 18.2 Å². The number of benzene rings is 2. The lowest BCUT2D eigenvalue weighted by Crippen LogP contribution is -2.32. The fourth-order valence-corrected chi connectivity index (χ4v) is 3.49. The molecule has 0 aliphatic rings. The van der Waals surface area contributed by atoms with Crippen LogP contribution in [-0.4, -0.2) is 28.2 Å². The average Bonchev–Trinajstić information content (AvgIpc) is 3.21. The van der Waals surface area contributed by atoms with E-state index in [4.69, 9.17) is 5.26 Å². The minimum absolute atomic E-state index is 0.0921. The van der Waals surface area contributed by atoms with Crippen LogP contribution in [0.5, 0.6) is 0 Å². The number of nitriles is 1. The fraction of sp³-hybridized carbons (Fsp3) is 0.130. The third kappa shape index (κ3) is 5.63. The van der Waals surface area contributed by atoms with Crippen LogP contribution >= 0.6 is 11.3 Å².